The molecule has 1 aliphatic carbocycles. The monoisotopic (exact) mass is 437 g/mol. The van der Waals surface area contributed by atoms with E-state index in [-0.39, 0.29) is 11.9 Å². The van der Waals surface area contributed by atoms with Gasteiger partial charge in [0.25, 0.3) is 5.91 Å². The Hall–Kier alpha value is -3.16. The molecule has 1 N–H and O–H groups in total. The number of hydrogen-bond acceptors (Lipinski definition) is 3. The predicted octanol–water partition coefficient (Wildman–Crippen LogP) is 5.45. The summed E-state index contributed by atoms with van der Waals surface area (Å²) in [6.07, 6.45) is 6.79. The maximum Gasteiger partial charge on any atom is 0.252 e. The van der Waals surface area contributed by atoms with Crippen molar-refractivity contribution in [3.8, 4) is 6.07 Å². The van der Waals surface area contributed by atoms with Crippen LogP contribution >= 0.6 is 0 Å². The number of carbonyl (C=O) groups is 1. The van der Waals surface area contributed by atoms with Crippen molar-refractivity contribution in [1.29, 1.82) is 5.26 Å². The number of nitrogens with zero attached hydrogens (tertiary/aromatic N) is 2. The minimum atomic E-state index is 0.0572. The zero-order valence-electron chi connectivity index (χ0n) is 19.1. The molecule has 0 unspecified atom stereocenters. The third-order valence-corrected chi connectivity index (χ3v) is 7.50. The van der Waals surface area contributed by atoms with Crippen LogP contribution in [-0.2, 0) is 13.0 Å². The second-order valence-corrected chi connectivity index (χ2v) is 9.63. The molecule has 0 aromatic heterocycles. The largest absolute Gasteiger partial charge is 0.349 e. The van der Waals surface area contributed by atoms with Gasteiger partial charge in [0, 0.05) is 24.7 Å². The summed E-state index contributed by atoms with van der Waals surface area (Å²) < 4.78 is 0. The van der Waals surface area contributed by atoms with Crippen LogP contribution in [-0.4, -0.2) is 29.9 Å². The van der Waals surface area contributed by atoms with Gasteiger partial charge in [-0.1, -0.05) is 42.5 Å². The zero-order chi connectivity index (χ0) is 22.6. The highest BCUT2D eigenvalue weighted by Crippen LogP contribution is 2.29. The highest BCUT2D eigenvalue weighted by atomic mass is 16.1. The van der Waals surface area contributed by atoms with Crippen LogP contribution < -0.4 is 5.32 Å². The fourth-order valence-electron chi connectivity index (χ4n) is 5.52. The van der Waals surface area contributed by atoms with Gasteiger partial charge in [-0.15, -0.1) is 0 Å². The summed E-state index contributed by atoms with van der Waals surface area (Å²) in [6.45, 7) is 3.22. The number of rotatable bonds is 5. The lowest BCUT2D eigenvalue weighted by molar-refractivity contribution is 0.0921. The molecule has 5 rings (SSSR count). The Labute approximate surface area is 196 Å². The van der Waals surface area contributed by atoms with Gasteiger partial charge in [0.1, 0.15) is 0 Å². The molecular formula is C29H31N3O. The molecule has 0 radical (unpaired) electrons. The van der Waals surface area contributed by atoms with Crippen LogP contribution in [0.15, 0.2) is 60.7 Å². The average Bonchev–Trinajstić information content (AvgIpc) is 2.87. The van der Waals surface area contributed by atoms with E-state index in [0.29, 0.717) is 0 Å². The maximum atomic E-state index is 12.9. The lowest BCUT2D eigenvalue weighted by Gasteiger charge is -2.33. The van der Waals surface area contributed by atoms with Gasteiger partial charge in [-0.05, 0) is 91.1 Å². The first-order chi connectivity index (χ1) is 16.2. The first kappa shape index (κ1) is 21.7. The Morgan fingerprint density at radius 3 is 2.67 bits per heavy atom. The van der Waals surface area contributed by atoms with Gasteiger partial charge in [0.2, 0.25) is 0 Å². The Morgan fingerprint density at radius 2 is 1.82 bits per heavy atom. The molecule has 0 spiro atoms. The quantitative estimate of drug-likeness (QED) is 0.578. The molecule has 33 heavy (non-hydrogen) atoms. The molecule has 0 saturated heterocycles. The van der Waals surface area contributed by atoms with Crippen molar-refractivity contribution in [2.45, 2.75) is 51.1 Å². The van der Waals surface area contributed by atoms with E-state index in [4.69, 9.17) is 5.26 Å². The molecule has 4 heteroatoms. The summed E-state index contributed by atoms with van der Waals surface area (Å²) in [5, 5.41) is 14.5. The highest BCUT2D eigenvalue weighted by Gasteiger charge is 2.24. The lowest BCUT2D eigenvalue weighted by Crippen LogP contribution is -2.38. The number of carbonyl (C=O) groups excluding carboxylic acids is 1. The molecule has 1 heterocycles. The second-order valence-electron chi connectivity index (χ2n) is 9.63. The molecule has 0 atom stereocenters. The number of nitriles is 1. The minimum Gasteiger partial charge on any atom is -0.349 e. The van der Waals surface area contributed by atoms with Crippen molar-refractivity contribution < 1.29 is 4.79 Å². The number of benzene rings is 3. The summed E-state index contributed by atoms with van der Waals surface area (Å²) >= 11 is 0. The molecule has 1 fully saturated rings. The van der Waals surface area contributed by atoms with Gasteiger partial charge < -0.3 is 5.32 Å². The van der Waals surface area contributed by atoms with Crippen LogP contribution in [0.5, 0.6) is 0 Å². The standard InChI is InChI=1S/C29H31N3O/c30-19-22-8-11-25-20-32(17-15-24(25)18-22)16-14-21-9-12-26(13-10-21)31-29(33)28-7-3-5-23-4-1-2-6-27(23)28/h1-8,11,18,21,26H,9-10,12-17,20H2,(H,31,33). The van der Waals surface area contributed by atoms with Crippen LogP contribution in [0.25, 0.3) is 10.8 Å². The molecular weight excluding hydrogens is 406 g/mol. The molecule has 1 amide bonds. The molecule has 2 aliphatic rings. The summed E-state index contributed by atoms with van der Waals surface area (Å²) in [7, 11) is 0. The lowest BCUT2D eigenvalue weighted by atomic mass is 9.83. The third kappa shape index (κ3) is 4.94. The third-order valence-electron chi connectivity index (χ3n) is 7.50. The van der Waals surface area contributed by atoms with Crippen molar-refractivity contribution in [1.82, 2.24) is 10.2 Å². The van der Waals surface area contributed by atoms with Crippen molar-refractivity contribution in [3.63, 3.8) is 0 Å². The Balaban J connectivity index is 1.09. The number of hydrogen-bond donors (Lipinski definition) is 1. The van der Waals surface area contributed by atoms with Crippen molar-refractivity contribution in [3.05, 3.63) is 82.9 Å². The molecule has 1 saturated carbocycles. The molecule has 1 aliphatic heterocycles. The molecule has 4 nitrogen and oxygen atoms in total. The van der Waals surface area contributed by atoms with E-state index in [2.05, 4.69) is 40.6 Å². The number of amides is 1. The van der Waals surface area contributed by atoms with E-state index in [1.54, 1.807) is 0 Å². The van der Waals surface area contributed by atoms with Crippen LogP contribution in [0.1, 0.15) is 59.2 Å². The average molecular weight is 438 g/mol. The summed E-state index contributed by atoms with van der Waals surface area (Å²) in [4.78, 5) is 15.5. The smallest absolute Gasteiger partial charge is 0.252 e. The fourth-order valence-corrected chi connectivity index (χ4v) is 5.52. The van der Waals surface area contributed by atoms with E-state index in [0.717, 1.165) is 66.7 Å². The van der Waals surface area contributed by atoms with E-state index < -0.39 is 0 Å². The molecule has 168 valence electrons. The van der Waals surface area contributed by atoms with E-state index in [9.17, 15) is 4.79 Å². The highest BCUT2D eigenvalue weighted by molar-refractivity contribution is 6.07. The van der Waals surface area contributed by atoms with Crippen molar-refractivity contribution in [2.75, 3.05) is 13.1 Å². The molecule has 0 bridgehead atoms. The predicted molar refractivity (Wildman–Crippen MR) is 132 cm³/mol. The summed E-state index contributed by atoms with van der Waals surface area (Å²) in [5.74, 6) is 0.805. The minimum absolute atomic E-state index is 0.0572. The zero-order valence-corrected chi connectivity index (χ0v) is 19.1. The Morgan fingerprint density at radius 1 is 1.00 bits per heavy atom. The summed E-state index contributed by atoms with van der Waals surface area (Å²) in [6, 6.07) is 22.7. The topological polar surface area (TPSA) is 56.1 Å². The summed E-state index contributed by atoms with van der Waals surface area (Å²) in [5.41, 5.74) is 4.27. The molecule has 3 aromatic rings. The van der Waals surface area contributed by atoms with Crippen molar-refractivity contribution >= 4 is 16.7 Å². The van der Waals surface area contributed by atoms with Gasteiger partial charge in [0.05, 0.1) is 11.6 Å². The van der Waals surface area contributed by atoms with Gasteiger partial charge in [-0.2, -0.15) is 5.26 Å². The van der Waals surface area contributed by atoms with Crippen LogP contribution in [0.4, 0.5) is 0 Å². The van der Waals surface area contributed by atoms with E-state index in [1.165, 1.54) is 30.4 Å². The van der Waals surface area contributed by atoms with E-state index >= 15 is 0 Å². The first-order valence-electron chi connectivity index (χ1n) is 12.2. The normalized spacial score (nSPS) is 20.7. The number of nitrogens with one attached hydrogen (secondary N) is 1. The number of fused-ring (bicyclic) bond motifs is 2. The van der Waals surface area contributed by atoms with Crippen LogP contribution in [0, 0.1) is 17.2 Å². The van der Waals surface area contributed by atoms with Crippen LogP contribution in [0.3, 0.4) is 0 Å². The molecule has 3 aromatic carbocycles. The fraction of sp³-hybridized carbons (Fsp3) is 0.379. The first-order valence-corrected chi connectivity index (χ1v) is 12.2. The van der Waals surface area contributed by atoms with Gasteiger partial charge in [-0.25, -0.2) is 0 Å². The SMILES string of the molecule is N#Cc1ccc2c(c1)CCN(CCC1CCC(NC(=O)c3cccc4ccccc34)CC1)C2. The van der Waals surface area contributed by atoms with Gasteiger partial charge in [-0.3, -0.25) is 9.69 Å². The van der Waals surface area contributed by atoms with Crippen molar-refractivity contribution in [2.24, 2.45) is 5.92 Å². The Kier molecular flexibility index (Phi) is 6.41. The Bertz CT molecular complexity index is 1180. The van der Waals surface area contributed by atoms with E-state index in [1.807, 2.05) is 36.4 Å². The van der Waals surface area contributed by atoms with Gasteiger partial charge >= 0.3 is 0 Å². The van der Waals surface area contributed by atoms with Crippen LogP contribution in [0.2, 0.25) is 0 Å². The van der Waals surface area contributed by atoms with Gasteiger partial charge in [0.15, 0.2) is 0 Å². The second kappa shape index (κ2) is 9.77. The maximum absolute atomic E-state index is 12.9.